The Morgan fingerprint density at radius 2 is 1.81 bits per heavy atom. The number of hydrogen-bond donors (Lipinski definition) is 3. The summed E-state index contributed by atoms with van der Waals surface area (Å²) in [6.45, 7) is 10.2. The number of aliphatic imine (C=N–C) groups is 2. The van der Waals surface area contributed by atoms with E-state index in [0.29, 0.717) is 23.8 Å². The second-order valence-electron chi connectivity index (χ2n) is 4.59. The van der Waals surface area contributed by atoms with Gasteiger partial charge < -0.3 is 11.1 Å². The van der Waals surface area contributed by atoms with Crippen molar-refractivity contribution in [2.45, 2.75) is 27.7 Å². The van der Waals surface area contributed by atoms with Crippen molar-refractivity contribution < 1.29 is 0 Å². The minimum atomic E-state index is 0.374. The molecule has 0 rings (SSSR count). The molecule has 0 aliphatic rings. The largest absolute Gasteiger partial charge is 0.370 e. The number of guanidine groups is 2. The topological polar surface area (TPSA) is 74.8 Å². The van der Waals surface area contributed by atoms with E-state index >= 15 is 0 Å². The molecule has 5 nitrogen and oxygen atoms in total. The smallest absolute Gasteiger partial charge is 0.198 e. The molecule has 5 heteroatoms. The van der Waals surface area contributed by atoms with Gasteiger partial charge >= 0.3 is 0 Å². The number of nitrogens with two attached hydrogens (primary N) is 1. The van der Waals surface area contributed by atoms with E-state index in [1.807, 2.05) is 0 Å². The van der Waals surface area contributed by atoms with Crippen molar-refractivity contribution in [3.63, 3.8) is 0 Å². The second kappa shape index (κ2) is 7.96. The standard InChI is InChI=1S/C11H25N5/c1-8(2)6-14-11(15-7-9(3)4)16-10(12)13-5/h8-9H,6-7H2,1-5H3,(H4,12,13,14,15,16). The van der Waals surface area contributed by atoms with Gasteiger partial charge in [0, 0.05) is 20.1 Å². The van der Waals surface area contributed by atoms with Crippen molar-refractivity contribution in [3.05, 3.63) is 0 Å². The lowest BCUT2D eigenvalue weighted by Gasteiger charge is -2.13. The van der Waals surface area contributed by atoms with Gasteiger partial charge in [0.1, 0.15) is 0 Å². The molecule has 0 bridgehead atoms. The maximum atomic E-state index is 5.60. The Balaban J connectivity index is 4.32. The SMILES string of the molecule is CN=C(N)NC(=NCC(C)C)NCC(C)C. The first-order chi connectivity index (χ1) is 7.45. The zero-order valence-electron chi connectivity index (χ0n) is 11.0. The molecule has 0 fully saturated rings. The molecule has 0 saturated heterocycles. The van der Waals surface area contributed by atoms with Crippen LogP contribution in [-0.4, -0.2) is 32.1 Å². The summed E-state index contributed by atoms with van der Waals surface area (Å²) in [6, 6.07) is 0. The van der Waals surface area contributed by atoms with E-state index in [2.05, 4.69) is 48.3 Å². The summed E-state index contributed by atoms with van der Waals surface area (Å²) in [5, 5.41) is 6.16. The first-order valence-corrected chi connectivity index (χ1v) is 5.73. The first-order valence-electron chi connectivity index (χ1n) is 5.73. The van der Waals surface area contributed by atoms with Crippen LogP contribution < -0.4 is 16.4 Å². The molecule has 0 aromatic carbocycles. The Morgan fingerprint density at radius 3 is 2.25 bits per heavy atom. The van der Waals surface area contributed by atoms with Gasteiger partial charge in [0.15, 0.2) is 11.9 Å². The molecule has 0 radical (unpaired) electrons. The fraction of sp³-hybridized carbons (Fsp3) is 0.818. The molecule has 0 aliphatic carbocycles. The van der Waals surface area contributed by atoms with Gasteiger partial charge in [0.05, 0.1) is 0 Å². The number of hydrogen-bond acceptors (Lipinski definition) is 2. The summed E-state index contributed by atoms with van der Waals surface area (Å²) < 4.78 is 0. The predicted molar refractivity (Wildman–Crippen MR) is 70.7 cm³/mol. The van der Waals surface area contributed by atoms with Crippen LogP contribution in [0, 0.1) is 11.8 Å². The Hall–Kier alpha value is -1.26. The molecule has 0 unspecified atom stereocenters. The first kappa shape index (κ1) is 14.7. The van der Waals surface area contributed by atoms with Crippen molar-refractivity contribution in [1.29, 1.82) is 0 Å². The third-order valence-corrected chi connectivity index (χ3v) is 1.78. The fourth-order valence-electron chi connectivity index (χ4n) is 0.891. The normalized spacial score (nSPS) is 13.4. The quantitative estimate of drug-likeness (QED) is 0.491. The zero-order chi connectivity index (χ0) is 12.6. The zero-order valence-corrected chi connectivity index (χ0v) is 11.0. The molecule has 16 heavy (non-hydrogen) atoms. The van der Waals surface area contributed by atoms with E-state index in [9.17, 15) is 0 Å². The third kappa shape index (κ3) is 8.08. The predicted octanol–water partition coefficient (Wildman–Crippen LogP) is 0.778. The van der Waals surface area contributed by atoms with Crippen molar-refractivity contribution in [3.8, 4) is 0 Å². The van der Waals surface area contributed by atoms with Crippen molar-refractivity contribution in [1.82, 2.24) is 10.6 Å². The van der Waals surface area contributed by atoms with Gasteiger partial charge in [-0.3, -0.25) is 15.3 Å². The van der Waals surface area contributed by atoms with Crippen molar-refractivity contribution in [2.75, 3.05) is 20.1 Å². The van der Waals surface area contributed by atoms with Crippen LogP contribution in [-0.2, 0) is 0 Å². The highest BCUT2D eigenvalue weighted by molar-refractivity contribution is 5.97. The van der Waals surface area contributed by atoms with Gasteiger partial charge in [-0.05, 0) is 11.8 Å². The third-order valence-electron chi connectivity index (χ3n) is 1.78. The molecule has 0 amide bonds. The second-order valence-corrected chi connectivity index (χ2v) is 4.59. The maximum Gasteiger partial charge on any atom is 0.198 e. The van der Waals surface area contributed by atoms with Gasteiger partial charge in [-0.2, -0.15) is 0 Å². The van der Waals surface area contributed by atoms with E-state index in [1.54, 1.807) is 7.05 Å². The van der Waals surface area contributed by atoms with Crippen LogP contribution in [0.2, 0.25) is 0 Å². The highest BCUT2D eigenvalue weighted by atomic mass is 15.2. The van der Waals surface area contributed by atoms with E-state index in [4.69, 9.17) is 5.73 Å². The van der Waals surface area contributed by atoms with E-state index in [-0.39, 0.29) is 0 Å². The molecule has 0 aromatic heterocycles. The average Bonchev–Trinajstić information content (AvgIpc) is 2.21. The average molecular weight is 227 g/mol. The van der Waals surface area contributed by atoms with Crippen LogP contribution in [0.4, 0.5) is 0 Å². The maximum absolute atomic E-state index is 5.60. The van der Waals surface area contributed by atoms with Gasteiger partial charge in [-0.1, -0.05) is 27.7 Å². The molecule has 0 aromatic rings. The van der Waals surface area contributed by atoms with Crippen LogP contribution in [0.15, 0.2) is 9.98 Å². The van der Waals surface area contributed by atoms with Crippen LogP contribution in [0.1, 0.15) is 27.7 Å². The Labute approximate surface area is 98.6 Å². The van der Waals surface area contributed by atoms with Crippen LogP contribution in [0.5, 0.6) is 0 Å². The van der Waals surface area contributed by atoms with Crippen LogP contribution >= 0.6 is 0 Å². The monoisotopic (exact) mass is 227 g/mol. The lowest BCUT2D eigenvalue weighted by atomic mass is 10.2. The van der Waals surface area contributed by atoms with E-state index in [1.165, 1.54) is 0 Å². The van der Waals surface area contributed by atoms with Crippen LogP contribution in [0.3, 0.4) is 0 Å². The molecule has 94 valence electrons. The number of rotatable bonds is 4. The molecule has 0 saturated carbocycles. The molecule has 4 N–H and O–H groups in total. The molecule has 0 atom stereocenters. The van der Waals surface area contributed by atoms with Gasteiger partial charge in [-0.15, -0.1) is 0 Å². The van der Waals surface area contributed by atoms with Gasteiger partial charge in [0.25, 0.3) is 0 Å². The molecule has 0 spiro atoms. The molecular weight excluding hydrogens is 202 g/mol. The summed E-state index contributed by atoms with van der Waals surface area (Å²) in [7, 11) is 1.64. The number of nitrogens with one attached hydrogen (secondary N) is 2. The van der Waals surface area contributed by atoms with Crippen molar-refractivity contribution in [2.24, 2.45) is 27.6 Å². The summed E-state index contributed by atoms with van der Waals surface area (Å²) in [5.74, 6) is 2.16. The van der Waals surface area contributed by atoms with Gasteiger partial charge in [0.2, 0.25) is 0 Å². The Kier molecular flexibility index (Phi) is 7.33. The van der Waals surface area contributed by atoms with E-state index < -0.39 is 0 Å². The highest BCUT2D eigenvalue weighted by Gasteiger charge is 2.02. The Morgan fingerprint density at radius 1 is 1.19 bits per heavy atom. The van der Waals surface area contributed by atoms with Crippen LogP contribution in [0.25, 0.3) is 0 Å². The Bertz CT molecular complexity index is 243. The summed E-state index contributed by atoms with van der Waals surface area (Å²) in [5.41, 5.74) is 5.60. The minimum Gasteiger partial charge on any atom is -0.370 e. The number of nitrogens with zero attached hydrogens (tertiary/aromatic N) is 2. The van der Waals surface area contributed by atoms with Gasteiger partial charge in [-0.25, -0.2) is 0 Å². The lowest BCUT2D eigenvalue weighted by Crippen LogP contribution is -2.45. The minimum absolute atomic E-state index is 0.374. The summed E-state index contributed by atoms with van der Waals surface area (Å²) in [6.07, 6.45) is 0. The molecule has 0 heterocycles. The van der Waals surface area contributed by atoms with Crippen molar-refractivity contribution >= 4 is 11.9 Å². The summed E-state index contributed by atoms with van der Waals surface area (Å²) in [4.78, 5) is 8.26. The van der Waals surface area contributed by atoms with E-state index in [0.717, 1.165) is 13.1 Å². The fourth-order valence-corrected chi connectivity index (χ4v) is 0.891. The lowest BCUT2D eigenvalue weighted by molar-refractivity contribution is 0.613. The molecular formula is C11H25N5. The highest BCUT2D eigenvalue weighted by Crippen LogP contribution is 1.92. The molecule has 0 aliphatic heterocycles. The summed E-state index contributed by atoms with van der Waals surface area (Å²) >= 11 is 0.